The molecule has 19 heavy (non-hydrogen) atoms. The van der Waals surface area contributed by atoms with Crippen LogP contribution >= 0.6 is 0 Å². The lowest BCUT2D eigenvalue weighted by molar-refractivity contribution is 0.0684. The average molecular weight is 265 g/mol. The van der Waals surface area contributed by atoms with Crippen molar-refractivity contribution in [3.63, 3.8) is 0 Å². The van der Waals surface area contributed by atoms with E-state index in [-0.39, 0.29) is 23.6 Å². The first-order valence-corrected chi connectivity index (χ1v) is 5.33. The number of carbonyl (C=O) groups is 1. The molecule has 0 atom stereocenters. The SMILES string of the molecule is O=C(O)c1ncccc1OCc1cccc(F)c1F. The van der Waals surface area contributed by atoms with Crippen molar-refractivity contribution in [2.45, 2.75) is 6.61 Å². The Morgan fingerprint density at radius 1 is 1.26 bits per heavy atom. The third-order valence-electron chi connectivity index (χ3n) is 2.39. The molecule has 0 aliphatic rings. The average Bonchev–Trinajstić information content (AvgIpc) is 2.40. The highest BCUT2D eigenvalue weighted by atomic mass is 19.2. The lowest BCUT2D eigenvalue weighted by Gasteiger charge is -2.09. The molecular formula is C13H9F2NO3. The number of ether oxygens (including phenoxy) is 1. The summed E-state index contributed by atoms with van der Waals surface area (Å²) in [5.41, 5.74) is -0.278. The largest absolute Gasteiger partial charge is 0.486 e. The molecule has 0 spiro atoms. The maximum Gasteiger partial charge on any atom is 0.358 e. The Labute approximate surface area is 107 Å². The van der Waals surface area contributed by atoms with Gasteiger partial charge in [-0.05, 0) is 18.2 Å². The zero-order chi connectivity index (χ0) is 13.8. The topological polar surface area (TPSA) is 59.4 Å². The first-order chi connectivity index (χ1) is 9.09. The van der Waals surface area contributed by atoms with Crippen LogP contribution in [0.2, 0.25) is 0 Å². The van der Waals surface area contributed by atoms with E-state index < -0.39 is 17.6 Å². The Bertz CT molecular complexity index is 617. The number of hydrogen-bond acceptors (Lipinski definition) is 3. The van der Waals surface area contributed by atoms with E-state index in [0.717, 1.165) is 6.07 Å². The van der Waals surface area contributed by atoms with Crippen LogP contribution in [-0.2, 0) is 6.61 Å². The van der Waals surface area contributed by atoms with Crippen molar-refractivity contribution < 1.29 is 23.4 Å². The van der Waals surface area contributed by atoms with E-state index in [0.29, 0.717) is 0 Å². The second kappa shape index (κ2) is 5.43. The summed E-state index contributed by atoms with van der Waals surface area (Å²) in [4.78, 5) is 14.5. The van der Waals surface area contributed by atoms with Crippen molar-refractivity contribution in [1.29, 1.82) is 0 Å². The van der Waals surface area contributed by atoms with Crippen molar-refractivity contribution >= 4 is 5.97 Å². The second-order valence-electron chi connectivity index (χ2n) is 3.66. The Morgan fingerprint density at radius 3 is 2.79 bits per heavy atom. The summed E-state index contributed by atoms with van der Waals surface area (Å²) in [7, 11) is 0. The third kappa shape index (κ3) is 2.85. The smallest absolute Gasteiger partial charge is 0.358 e. The monoisotopic (exact) mass is 265 g/mol. The molecule has 6 heteroatoms. The molecule has 0 unspecified atom stereocenters. The van der Waals surface area contributed by atoms with Crippen LogP contribution in [0, 0.1) is 11.6 Å². The molecule has 1 aromatic heterocycles. The van der Waals surface area contributed by atoms with Gasteiger partial charge in [0.2, 0.25) is 0 Å². The van der Waals surface area contributed by atoms with E-state index >= 15 is 0 Å². The second-order valence-corrected chi connectivity index (χ2v) is 3.66. The minimum Gasteiger partial charge on any atom is -0.486 e. The van der Waals surface area contributed by atoms with Crippen molar-refractivity contribution in [2.24, 2.45) is 0 Å². The standard InChI is InChI=1S/C13H9F2NO3/c14-9-4-1-3-8(11(9)15)7-19-10-5-2-6-16-12(10)13(17)18/h1-6H,7H2,(H,17,18). The molecule has 0 radical (unpaired) electrons. The summed E-state index contributed by atoms with van der Waals surface area (Å²) in [6, 6.07) is 6.58. The highest BCUT2D eigenvalue weighted by molar-refractivity contribution is 5.88. The van der Waals surface area contributed by atoms with Gasteiger partial charge in [0.15, 0.2) is 23.1 Å². The maximum atomic E-state index is 13.4. The van der Waals surface area contributed by atoms with Gasteiger partial charge in [-0.25, -0.2) is 18.6 Å². The van der Waals surface area contributed by atoms with Gasteiger partial charge in [0.05, 0.1) is 0 Å². The van der Waals surface area contributed by atoms with Gasteiger partial charge in [-0.2, -0.15) is 0 Å². The lowest BCUT2D eigenvalue weighted by atomic mass is 10.2. The molecular weight excluding hydrogens is 256 g/mol. The molecule has 2 aromatic rings. The zero-order valence-corrected chi connectivity index (χ0v) is 9.64. The van der Waals surface area contributed by atoms with Crippen LogP contribution < -0.4 is 4.74 Å². The summed E-state index contributed by atoms with van der Waals surface area (Å²) >= 11 is 0. The van der Waals surface area contributed by atoms with Crippen LogP contribution in [0.3, 0.4) is 0 Å². The lowest BCUT2D eigenvalue weighted by Crippen LogP contribution is -2.06. The van der Waals surface area contributed by atoms with Gasteiger partial charge in [0.1, 0.15) is 6.61 Å². The highest BCUT2D eigenvalue weighted by Crippen LogP contribution is 2.18. The number of rotatable bonds is 4. The Kier molecular flexibility index (Phi) is 3.70. The van der Waals surface area contributed by atoms with Crippen molar-refractivity contribution in [1.82, 2.24) is 4.98 Å². The van der Waals surface area contributed by atoms with Gasteiger partial charge < -0.3 is 9.84 Å². The summed E-state index contributed by atoms with van der Waals surface area (Å²) in [6.07, 6.45) is 1.30. The molecule has 0 saturated heterocycles. The molecule has 0 aliphatic heterocycles. The van der Waals surface area contributed by atoms with Crippen LogP contribution in [0.4, 0.5) is 8.78 Å². The quantitative estimate of drug-likeness (QED) is 0.923. The van der Waals surface area contributed by atoms with Crippen molar-refractivity contribution in [3.05, 3.63) is 59.4 Å². The fourth-order valence-electron chi connectivity index (χ4n) is 1.48. The third-order valence-corrected chi connectivity index (χ3v) is 2.39. The number of benzene rings is 1. The van der Waals surface area contributed by atoms with E-state index in [1.54, 1.807) is 0 Å². The number of halogens is 2. The summed E-state index contributed by atoms with van der Waals surface area (Å²) in [6.45, 7) is -0.282. The minimum absolute atomic E-state index is 0.000178. The number of hydrogen-bond donors (Lipinski definition) is 1. The van der Waals surface area contributed by atoms with Crippen molar-refractivity contribution in [3.8, 4) is 5.75 Å². The zero-order valence-electron chi connectivity index (χ0n) is 9.64. The fourth-order valence-corrected chi connectivity index (χ4v) is 1.48. The predicted molar refractivity (Wildman–Crippen MR) is 61.9 cm³/mol. The molecule has 1 heterocycles. The van der Waals surface area contributed by atoms with Gasteiger partial charge in [0, 0.05) is 11.8 Å². The van der Waals surface area contributed by atoms with Crippen LogP contribution in [0.1, 0.15) is 16.1 Å². The number of nitrogens with zero attached hydrogens (tertiary/aromatic N) is 1. The van der Waals surface area contributed by atoms with Gasteiger partial charge in [-0.3, -0.25) is 0 Å². The molecule has 2 rings (SSSR count). The van der Waals surface area contributed by atoms with Crippen LogP contribution in [0.5, 0.6) is 5.75 Å². The van der Waals surface area contributed by atoms with Gasteiger partial charge in [0.25, 0.3) is 0 Å². The van der Waals surface area contributed by atoms with E-state index in [1.807, 2.05) is 0 Å². The molecule has 0 fully saturated rings. The van der Waals surface area contributed by atoms with E-state index in [2.05, 4.69) is 4.98 Å². The van der Waals surface area contributed by atoms with Crippen LogP contribution in [0.15, 0.2) is 36.5 Å². The molecule has 0 aliphatic carbocycles. The summed E-state index contributed by atoms with van der Waals surface area (Å²) in [5.74, 6) is -3.25. The number of carboxylic acid groups (broad SMARTS) is 1. The van der Waals surface area contributed by atoms with E-state index in [9.17, 15) is 13.6 Å². The molecule has 0 bridgehead atoms. The summed E-state index contributed by atoms with van der Waals surface area (Å²) < 4.78 is 31.5. The molecule has 4 nitrogen and oxygen atoms in total. The summed E-state index contributed by atoms with van der Waals surface area (Å²) in [5, 5.41) is 8.88. The normalized spacial score (nSPS) is 10.2. The molecule has 98 valence electrons. The molecule has 1 aromatic carbocycles. The Balaban J connectivity index is 2.19. The highest BCUT2D eigenvalue weighted by Gasteiger charge is 2.14. The Hall–Kier alpha value is -2.50. The molecule has 0 saturated carbocycles. The predicted octanol–water partition coefficient (Wildman–Crippen LogP) is 2.64. The van der Waals surface area contributed by atoms with E-state index in [4.69, 9.17) is 9.84 Å². The van der Waals surface area contributed by atoms with Crippen LogP contribution in [-0.4, -0.2) is 16.1 Å². The van der Waals surface area contributed by atoms with Crippen molar-refractivity contribution in [2.75, 3.05) is 0 Å². The maximum absolute atomic E-state index is 13.4. The number of pyridine rings is 1. The van der Waals surface area contributed by atoms with Gasteiger partial charge >= 0.3 is 5.97 Å². The first-order valence-electron chi connectivity index (χ1n) is 5.33. The van der Waals surface area contributed by atoms with E-state index in [1.165, 1.54) is 30.5 Å². The number of carboxylic acids is 1. The fraction of sp³-hybridized carbons (Fsp3) is 0.0769. The Morgan fingerprint density at radius 2 is 2.05 bits per heavy atom. The van der Waals surface area contributed by atoms with Crippen LogP contribution in [0.25, 0.3) is 0 Å². The van der Waals surface area contributed by atoms with Gasteiger partial charge in [-0.15, -0.1) is 0 Å². The van der Waals surface area contributed by atoms with Gasteiger partial charge in [-0.1, -0.05) is 12.1 Å². The number of aromatic carboxylic acids is 1. The minimum atomic E-state index is -1.25. The first kappa shape index (κ1) is 12.9. The number of aromatic nitrogens is 1. The molecule has 0 amide bonds. The molecule has 1 N–H and O–H groups in total.